The fraction of sp³-hybridized carbons (Fsp3) is 0.810. The molecule has 5 rings (SSSR count). The Labute approximate surface area is 166 Å². The minimum atomic E-state index is -0.550. The summed E-state index contributed by atoms with van der Waals surface area (Å²) in [6.07, 6.45) is 10.1. The van der Waals surface area contributed by atoms with Gasteiger partial charge in [0.15, 0.2) is 0 Å². The molecule has 0 unspecified atom stereocenters. The lowest BCUT2D eigenvalue weighted by Crippen LogP contribution is -2.64. The van der Waals surface area contributed by atoms with Crippen molar-refractivity contribution < 1.29 is 14.6 Å². The highest BCUT2D eigenvalue weighted by Gasteiger charge is 2.51. The van der Waals surface area contributed by atoms with Gasteiger partial charge < -0.3 is 14.7 Å². The van der Waals surface area contributed by atoms with E-state index in [9.17, 15) is 9.90 Å². The van der Waals surface area contributed by atoms with Crippen molar-refractivity contribution in [3.05, 3.63) is 18.0 Å². The Morgan fingerprint density at radius 1 is 1.29 bits per heavy atom. The molecule has 1 N–H and O–H groups in total. The SMILES string of the molecule is Cn1cc([C@@H]2CN(CC3(O)CCC3)C[C@H]2C(=O)N2CCOCC23CCC3)cn1. The molecule has 2 aliphatic heterocycles. The average molecular weight is 389 g/mol. The Hall–Kier alpha value is -1.44. The van der Waals surface area contributed by atoms with Gasteiger partial charge in [-0.05, 0) is 44.1 Å². The topological polar surface area (TPSA) is 70.8 Å². The summed E-state index contributed by atoms with van der Waals surface area (Å²) in [7, 11) is 1.93. The molecule has 1 aromatic rings. The van der Waals surface area contributed by atoms with Crippen molar-refractivity contribution in [1.29, 1.82) is 0 Å². The van der Waals surface area contributed by atoms with Crippen LogP contribution in [0.15, 0.2) is 12.4 Å². The normalized spacial score (nSPS) is 31.6. The molecule has 4 fully saturated rings. The highest BCUT2D eigenvalue weighted by Crippen LogP contribution is 2.43. The van der Waals surface area contributed by atoms with Gasteiger partial charge in [-0.1, -0.05) is 0 Å². The van der Waals surface area contributed by atoms with Gasteiger partial charge in [0.2, 0.25) is 5.91 Å². The number of likely N-dealkylation sites (tertiary alicyclic amines) is 1. The summed E-state index contributed by atoms with van der Waals surface area (Å²) >= 11 is 0. The van der Waals surface area contributed by atoms with E-state index >= 15 is 0 Å². The molecule has 2 atom stereocenters. The quantitative estimate of drug-likeness (QED) is 0.837. The van der Waals surface area contributed by atoms with Crippen LogP contribution >= 0.6 is 0 Å². The van der Waals surface area contributed by atoms with Gasteiger partial charge in [0, 0.05) is 45.3 Å². The predicted octanol–water partition coefficient (Wildman–Crippen LogP) is 1.13. The van der Waals surface area contributed by atoms with Crippen LogP contribution in [0.2, 0.25) is 0 Å². The van der Waals surface area contributed by atoms with Crippen LogP contribution < -0.4 is 0 Å². The van der Waals surface area contributed by atoms with Crippen LogP contribution in [0.3, 0.4) is 0 Å². The van der Waals surface area contributed by atoms with Gasteiger partial charge in [0.05, 0.1) is 36.5 Å². The second-order valence-electron chi connectivity index (χ2n) is 9.55. The van der Waals surface area contributed by atoms with E-state index in [1.165, 1.54) is 6.42 Å². The average Bonchev–Trinajstić information content (AvgIpc) is 3.24. The predicted molar refractivity (Wildman–Crippen MR) is 104 cm³/mol. The van der Waals surface area contributed by atoms with Crippen molar-refractivity contribution in [2.45, 2.75) is 55.6 Å². The summed E-state index contributed by atoms with van der Waals surface area (Å²) in [4.78, 5) is 18.2. The number of β-amino-alcohol motifs (C(OH)–C–C–N with tert-alkyl or cyclic N) is 1. The molecule has 0 aromatic carbocycles. The summed E-state index contributed by atoms with van der Waals surface area (Å²) in [5.41, 5.74) is 0.528. The van der Waals surface area contributed by atoms with E-state index in [1.807, 2.05) is 24.1 Å². The molecule has 4 aliphatic rings. The Kier molecular flexibility index (Phi) is 4.52. The summed E-state index contributed by atoms with van der Waals surface area (Å²) < 4.78 is 7.56. The fourth-order valence-corrected chi connectivity index (χ4v) is 5.67. The van der Waals surface area contributed by atoms with E-state index in [4.69, 9.17) is 4.74 Å². The number of hydrogen-bond donors (Lipinski definition) is 1. The van der Waals surface area contributed by atoms with E-state index in [0.29, 0.717) is 26.3 Å². The second-order valence-corrected chi connectivity index (χ2v) is 9.55. The van der Waals surface area contributed by atoms with Crippen LogP contribution in [0, 0.1) is 5.92 Å². The number of morpholine rings is 1. The molecule has 2 saturated heterocycles. The molecule has 1 amide bonds. The summed E-state index contributed by atoms with van der Waals surface area (Å²) in [6.45, 7) is 4.27. The summed E-state index contributed by atoms with van der Waals surface area (Å²) in [5, 5.41) is 15.0. The number of rotatable bonds is 4. The Morgan fingerprint density at radius 3 is 2.68 bits per heavy atom. The number of ether oxygens (including phenoxy) is 1. The molecule has 2 aliphatic carbocycles. The van der Waals surface area contributed by atoms with Gasteiger partial charge in [0.1, 0.15) is 0 Å². The van der Waals surface area contributed by atoms with Crippen LogP contribution in [0.25, 0.3) is 0 Å². The maximum atomic E-state index is 13.7. The molecular formula is C21H32N4O3. The van der Waals surface area contributed by atoms with E-state index in [1.54, 1.807) is 0 Å². The maximum Gasteiger partial charge on any atom is 0.228 e. The number of hydrogen-bond acceptors (Lipinski definition) is 5. The van der Waals surface area contributed by atoms with Crippen molar-refractivity contribution in [2.75, 3.05) is 39.4 Å². The van der Waals surface area contributed by atoms with Gasteiger partial charge in [-0.15, -0.1) is 0 Å². The number of aliphatic hydroxyl groups is 1. The second kappa shape index (κ2) is 6.82. The number of nitrogens with zero attached hydrogens (tertiary/aromatic N) is 4. The smallest absolute Gasteiger partial charge is 0.228 e. The maximum absolute atomic E-state index is 13.7. The van der Waals surface area contributed by atoms with Crippen LogP contribution in [-0.4, -0.2) is 81.1 Å². The lowest BCUT2D eigenvalue weighted by atomic mass is 9.74. The molecule has 0 radical (unpaired) electrons. The van der Waals surface area contributed by atoms with E-state index in [2.05, 4.69) is 14.9 Å². The minimum Gasteiger partial charge on any atom is -0.389 e. The third-order valence-corrected chi connectivity index (χ3v) is 7.62. The van der Waals surface area contributed by atoms with Gasteiger partial charge in [0.25, 0.3) is 0 Å². The highest BCUT2D eigenvalue weighted by molar-refractivity contribution is 5.81. The number of carbonyl (C=O) groups excluding carboxylic acids is 1. The lowest BCUT2D eigenvalue weighted by molar-refractivity contribution is -0.163. The molecule has 28 heavy (non-hydrogen) atoms. The first-order chi connectivity index (χ1) is 13.5. The number of amides is 1. The molecule has 1 aromatic heterocycles. The Morgan fingerprint density at radius 2 is 2.07 bits per heavy atom. The zero-order valence-electron chi connectivity index (χ0n) is 16.8. The van der Waals surface area contributed by atoms with Gasteiger partial charge in [-0.3, -0.25) is 14.4 Å². The van der Waals surface area contributed by atoms with Crippen molar-refractivity contribution in [1.82, 2.24) is 19.6 Å². The van der Waals surface area contributed by atoms with E-state index in [0.717, 1.165) is 50.8 Å². The zero-order chi connectivity index (χ0) is 19.4. The fourth-order valence-electron chi connectivity index (χ4n) is 5.67. The molecule has 3 heterocycles. The first-order valence-electron chi connectivity index (χ1n) is 10.8. The van der Waals surface area contributed by atoms with Crippen molar-refractivity contribution in [3.8, 4) is 0 Å². The van der Waals surface area contributed by atoms with Crippen molar-refractivity contribution in [3.63, 3.8) is 0 Å². The van der Waals surface area contributed by atoms with Gasteiger partial charge >= 0.3 is 0 Å². The first-order valence-corrected chi connectivity index (χ1v) is 10.8. The minimum absolute atomic E-state index is 0.0611. The molecule has 2 saturated carbocycles. The van der Waals surface area contributed by atoms with Crippen LogP contribution in [0.1, 0.15) is 50.0 Å². The van der Waals surface area contributed by atoms with E-state index < -0.39 is 5.60 Å². The third-order valence-electron chi connectivity index (χ3n) is 7.62. The number of carbonyl (C=O) groups is 1. The first kappa shape index (κ1) is 18.6. The van der Waals surface area contributed by atoms with Gasteiger partial charge in [-0.2, -0.15) is 5.10 Å². The van der Waals surface area contributed by atoms with E-state index in [-0.39, 0.29) is 23.3 Å². The van der Waals surface area contributed by atoms with Crippen molar-refractivity contribution >= 4 is 5.91 Å². The molecular weight excluding hydrogens is 356 g/mol. The van der Waals surface area contributed by atoms with Crippen LogP contribution in [0.5, 0.6) is 0 Å². The number of aryl methyl sites for hydroxylation is 1. The molecule has 7 heteroatoms. The molecule has 154 valence electrons. The van der Waals surface area contributed by atoms with Crippen LogP contribution in [-0.2, 0) is 16.6 Å². The zero-order valence-corrected chi connectivity index (χ0v) is 16.8. The molecule has 7 nitrogen and oxygen atoms in total. The summed E-state index contributed by atoms with van der Waals surface area (Å²) in [6, 6.07) is 0. The standard InChI is InChI=1S/C21H32N4O3/c1-23-11-16(10-22-23)17-12-24(14-21(27)6-3-7-21)13-18(17)19(26)25-8-9-28-15-20(25)4-2-5-20/h10-11,17-18,27H,2-9,12-15H2,1H3/t17-,18+/m0/s1. The highest BCUT2D eigenvalue weighted by atomic mass is 16.5. The van der Waals surface area contributed by atoms with Crippen molar-refractivity contribution in [2.24, 2.45) is 13.0 Å². The summed E-state index contributed by atoms with van der Waals surface area (Å²) in [5.74, 6) is 0.355. The third kappa shape index (κ3) is 3.08. The van der Waals surface area contributed by atoms with Crippen LogP contribution in [0.4, 0.5) is 0 Å². The molecule has 1 spiro atoms. The van der Waals surface area contributed by atoms with Gasteiger partial charge in [-0.25, -0.2) is 0 Å². The monoisotopic (exact) mass is 388 g/mol. The molecule has 0 bridgehead atoms. The largest absolute Gasteiger partial charge is 0.389 e. The Bertz CT molecular complexity index is 740. The number of aromatic nitrogens is 2. The lowest BCUT2D eigenvalue weighted by Gasteiger charge is -2.53. The Balaban J connectivity index is 1.38.